The molecule has 0 aliphatic carbocycles. The van der Waals surface area contributed by atoms with Crippen molar-refractivity contribution in [2.24, 2.45) is 0 Å². The van der Waals surface area contributed by atoms with Crippen molar-refractivity contribution >= 4 is 11.9 Å². The van der Waals surface area contributed by atoms with Crippen LogP contribution < -0.4 is 4.74 Å². The largest absolute Gasteiger partial charge is 0.497 e. The van der Waals surface area contributed by atoms with Crippen LogP contribution in [0, 0.1) is 0 Å². The second-order valence-electron chi connectivity index (χ2n) is 5.11. The van der Waals surface area contributed by atoms with Crippen molar-refractivity contribution in [2.45, 2.75) is 20.0 Å². The molecule has 0 atom stereocenters. The molecule has 0 N–H and O–H groups in total. The highest BCUT2D eigenvalue weighted by atomic mass is 16.5. The molecule has 24 heavy (non-hydrogen) atoms. The van der Waals surface area contributed by atoms with Crippen LogP contribution in [0.2, 0.25) is 0 Å². The Kier molecular flexibility index (Phi) is 6.37. The Morgan fingerprint density at radius 3 is 2.00 bits per heavy atom. The first-order valence-electron chi connectivity index (χ1n) is 7.72. The second kappa shape index (κ2) is 8.72. The molecule has 0 aliphatic heterocycles. The van der Waals surface area contributed by atoms with E-state index in [0.717, 1.165) is 17.7 Å². The van der Waals surface area contributed by atoms with E-state index in [1.807, 2.05) is 19.1 Å². The Hall–Kier alpha value is -2.82. The van der Waals surface area contributed by atoms with E-state index in [4.69, 9.17) is 14.2 Å². The topological polar surface area (TPSA) is 61.8 Å². The normalized spacial score (nSPS) is 10.1. The molecule has 0 radical (unpaired) electrons. The zero-order valence-electron chi connectivity index (χ0n) is 13.8. The molecule has 5 nitrogen and oxygen atoms in total. The van der Waals surface area contributed by atoms with Gasteiger partial charge >= 0.3 is 11.9 Å². The maximum absolute atomic E-state index is 12.3. The molecule has 126 valence electrons. The van der Waals surface area contributed by atoms with Crippen LogP contribution in [-0.2, 0) is 16.1 Å². The van der Waals surface area contributed by atoms with Gasteiger partial charge in [0.2, 0.25) is 0 Å². The number of benzene rings is 2. The molecular formula is C19H20O5. The molecule has 0 amide bonds. The summed E-state index contributed by atoms with van der Waals surface area (Å²) in [6.45, 7) is 2.33. The van der Waals surface area contributed by atoms with Crippen molar-refractivity contribution in [1.29, 1.82) is 0 Å². The second-order valence-corrected chi connectivity index (χ2v) is 5.11. The van der Waals surface area contributed by atoms with E-state index >= 15 is 0 Å². The monoisotopic (exact) mass is 328 g/mol. The molecule has 0 aromatic heterocycles. The van der Waals surface area contributed by atoms with E-state index in [1.165, 1.54) is 0 Å². The van der Waals surface area contributed by atoms with Crippen LogP contribution in [0.15, 0.2) is 48.5 Å². The lowest BCUT2D eigenvalue weighted by atomic mass is 10.1. The van der Waals surface area contributed by atoms with Crippen LogP contribution in [0.3, 0.4) is 0 Å². The zero-order chi connectivity index (χ0) is 17.4. The minimum Gasteiger partial charge on any atom is -0.497 e. The predicted octanol–water partition coefficient (Wildman–Crippen LogP) is 3.62. The Labute approximate surface area is 141 Å². The van der Waals surface area contributed by atoms with E-state index < -0.39 is 11.9 Å². The molecule has 2 aromatic rings. The quantitative estimate of drug-likeness (QED) is 0.727. The number of methoxy groups -OCH3 is 1. The van der Waals surface area contributed by atoms with Crippen LogP contribution in [0.1, 0.15) is 39.6 Å². The lowest BCUT2D eigenvalue weighted by Crippen LogP contribution is -2.14. The Morgan fingerprint density at radius 2 is 1.46 bits per heavy atom. The molecule has 5 heteroatoms. The predicted molar refractivity (Wildman–Crippen MR) is 89.1 cm³/mol. The van der Waals surface area contributed by atoms with Gasteiger partial charge in [-0.05, 0) is 36.2 Å². The number of carbonyl (C=O) groups excluding carboxylic acids is 2. The number of ether oxygens (including phenoxy) is 3. The van der Waals surface area contributed by atoms with Crippen molar-refractivity contribution in [3.05, 3.63) is 65.2 Å². The maximum atomic E-state index is 12.3. The molecular weight excluding hydrogens is 308 g/mol. The van der Waals surface area contributed by atoms with Gasteiger partial charge < -0.3 is 14.2 Å². The minimum absolute atomic E-state index is 0.112. The Morgan fingerprint density at radius 1 is 0.875 bits per heavy atom. The summed E-state index contributed by atoms with van der Waals surface area (Å²) in [5, 5.41) is 0. The summed E-state index contributed by atoms with van der Waals surface area (Å²) in [4.78, 5) is 24.3. The van der Waals surface area contributed by atoms with Crippen LogP contribution in [0.25, 0.3) is 0 Å². The van der Waals surface area contributed by atoms with Crippen molar-refractivity contribution < 1.29 is 23.8 Å². The molecule has 0 saturated heterocycles. The van der Waals surface area contributed by atoms with Crippen molar-refractivity contribution in [3.63, 3.8) is 0 Å². The van der Waals surface area contributed by atoms with Crippen LogP contribution >= 0.6 is 0 Å². The third-order valence-electron chi connectivity index (χ3n) is 3.33. The van der Waals surface area contributed by atoms with Crippen molar-refractivity contribution in [2.75, 3.05) is 13.7 Å². The lowest BCUT2D eigenvalue weighted by molar-refractivity contribution is 0.0439. The van der Waals surface area contributed by atoms with Gasteiger partial charge in [0.15, 0.2) is 0 Å². The van der Waals surface area contributed by atoms with Crippen LogP contribution in [-0.4, -0.2) is 25.7 Å². The lowest BCUT2D eigenvalue weighted by Gasteiger charge is -2.10. The molecule has 0 saturated carbocycles. The summed E-state index contributed by atoms with van der Waals surface area (Å²) in [6.07, 6.45) is 0.718. The van der Waals surface area contributed by atoms with Gasteiger partial charge in [-0.15, -0.1) is 0 Å². The molecule has 0 fully saturated rings. The fourth-order valence-electron chi connectivity index (χ4n) is 2.06. The van der Waals surface area contributed by atoms with E-state index in [0.29, 0.717) is 6.61 Å². The number of esters is 2. The van der Waals surface area contributed by atoms with Gasteiger partial charge in [0.05, 0.1) is 24.8 Å². The molecule has 2 rings (SSSR count). The summed E-state index contributed by atoms with van der Waals surface area (Å²) >= 11 is 0. The summed E-state index contributed by atoms with van der Waals surface area (Å²) in [5.74, 6) is -0.349. The smallest absolute Gasteiger partial charge is 0.339 e. The number of hydrogen-bond donors (Lipinski definition) is 0. The first kappa shape index (κ1) is 17.5. The first-order chi connectivity index (χ1) is 11.7. The van der Waals surface area contributed by atoms with Gasteiger partial charge in [0, 0.05) is 0 Å². The molecule has 2 aromatic carbocycles. The van der Waals surface area contributed by atoms with E-state index in [9.17, 15) is 9.59 Å². The van der Waals surface area contributed by atoms with Crippen molar-refractivity contribution in [1.82, 2.24) is 0 Å². The summed E-state index contributed by atoms with van der Waals surface area (Å²) < 4.78 is 15.5. The zero-order valence-corrected chi connectivity index (χ0v) is 13.8. The maximum Gasteiger partial charge on any atom is 0.339 e. The highest BCUT2D eigenvalue weighted by molar-refractivity contribution is 6.03. The fourth-order valence-corrected chi connectivity index (χ4v) is 2.06. The molecule has 0 heterocycles. The van der Waals surface area contributed by atoms with Gasteiger partial charge in [0.25, 0.3) is 0 Å². The van der Waals surface area contributed by atoms with E-state index in [2.05, 4.69) is 0 Å². The van der Waals surface area contributed by atoms with E-state index in [1.54, 1.807) is 43.5 Å². The van der Waals surface area contributed by atoms with Crippen LogP contribution in [0.4, 0.5) is 0 Å². The van der Waals surface area contributed by atoms with Gasteiger partial charge in [-0.2, -0.15) is 0 Å². The summed E-state index contributed by atoms with van der Waals surface area (Å²) in [7, 11) is 1.59. The van der Waals surface area contributed by atoms with Crippen LogP contribution in [0.5, 0.6) is 5.75 Å². The number of hydrogen-bond acceptors (Lipinski definition) is 5. The molecule has 0 aliphatic rings. The Balaban J connectivity index is 2.05. The van der Waals surface area contributed by atoms with E-state index in [-0.39, 0.29) is 17.7 Å². The number of carbonyl (C=O) groups is 2. The molecule has 0 spiro atoms. The first-order valence-corrected chi connectivity index (χ1v) is 7.72. The van der Waals surface area contributed by atoms with Gasteiger partial charge in [-0.3, -0.25) is 0 Å². The summed E-state index contributed by atoms with van der Waals surface area (Å²) in [5.41, 5.74) is 1.24. The standard InChI is InChI=1S/C19H20O5/c1-3-12-23-18(20)16-6-4-5-7-17(16)19(21)24-13-14-8-10-15(22-2)11-9-14/h4-11H,3,12-13H2,1-2H3. The number of rotatable bonds is 7. The van der Waals surface area contributed by atoms with Gasteiger partial charge in [-0.1, -0.05) is 31.2 Å². The third kappa shape index (κ3) is 4.59. The SMILES string of the molecule is CCCOC(=O)c1ccccc1C(=O)OCc1ccc(OC)cc1. The highest BCUT2D eigenvalue weighted by Gasteiger charge is 2.18. The highest BCUT2D eigenvalue weighted by Crippen LogP contribution is 2.15. The molecule has 0 unspecified atom stereocenters. The van der Waals surface area contributed by atoms with Gasteiger partial charge in [0.1, 0.15) is 12.4 Å². The average molecular weight is 328 g/mol. The summed E-state index contributed by atoms with van der Waals surface area (Å²) in [6, 6.07) is 13.7. The molecule has 0 bridgehead atoms. The van der Waals surface area contributed by atoms with Crippen molar-refractivity contribution in [3.8, 4) is 5.75 Å². The fraction of sp³-hybridized carbons (Fsp3) is 0.263. The Bertz CT molecular complexity index is 691. The average Bonchev–Trinajstić information content (AvgIpc) is 2.64. The third-order valence-corrected chi connectivity index (χ3v) is 3.33. The van der Waals surface area contributed by atoms with Gasteiger partial charge in [-0.25, -0.2) is 9.59 Å². The minimum atomic E-state index is -0.560.